The lowest BCUT2D eigenvalue weighted by atomic mass is 9.94. The van der Waals surface area contributed by atoms with Gasteiger partial charge in [-0.05, 0) is 17.2 Å². The van der Waals surface area contributed by atoms with Crippen molar-refractivity contribution in [1.82, 2.24) is 9.55 Å². The standard InChI is InChI=1S/C19H20N2O2/c1-2-7-17-16(5-1)6-3-8-18(17)19(22-13-4-14-23-19)9-11-21-12-10-20-15-21/h1-3,5-8,10,12,15H,4,9,11,13-14H2. The molecule has 0 radical (unpaired) electrons. The molecule has 1 aliphatic rings. The second kappa shape index (κ2) is 6.14. The zero-order valence-corrected chi connectivity index (χ0v) is 13.0. The van der Waals surface area contributed by atoms with Crippen molar-refractivity contribution >= 4 is 10.8 Å². The Balaban J connectivity index is 1.74. The zero-order chi connectivity index (χ0) is 15.5. The summed E-state index contributed by atoms with van der Waals surface area (Å²) < 4.78 is 14.5. The van der Waals surface area contributed by atoms with Gasteiger partial charge < -0.3 is 14.0 Å². The van der Waals surface area contributed by atoms with Gasteiger partial charge in [-0.15, -0.1) is 0 Å². The fourth-order valence-corrected chi connectivity index (χ4v) is 3.26. The average molecular weight is 308 g/mol. The van der Waals surface area contributed by atoms with Crippen LogP contribution in [-0.2, 0) is 21.8 Å². The van der Waals surface area contributed by atoms with Crippen molar-refractivity contribution in [3.05, 3.63) is 66.7 Å². The van der Waals surface area contributed by atoms with Gasteiger partial charge in [0.15, 0.2) is 5.79 Å². The third-order valence-electron chi connectivity index (χ3n) is 4.42. The maximum absolute atomic E-state index is 6.20. The molecule has 1 fully saturated rings. The van der Waals surface area contributed by atoms with Crippen LogP contribution in [0.3, 0.4) is 0 Å². The molecule has 0 aliphatic carbocycles. The van der Waals surface area contributed by atoms with Gasteiger partial charge in [0.1, 0.15) is 0 Å². The van der Waals surface area contributed by atoms with Gasteiger partial charge in [0.05, 0.1) is 19.5 Å². The van der Waals surface area contributed by atoms with Gasteiger partial charge in [-0.3, -0.25) is 0 Å². The summed E-state index contributed by atoms with van der Waals surface area (Å²) in [6.07, 6.45) is 7.31. The summed E-state index contributed by atoms with van der Waals surface area (Å²) in [5, 5.41) is 2.41. The highest BCUT2D eigenvalue weighted by atomic mass is 16.7. The first-order valence-electron chi connectivity index (χ1n) is 8.09. The molecule has 118 valence electrons. The Hall–Kier alpha value is -2.17. The van der Waals surface area contributed by atoms with Gasteiger partial charge >= 0.3 is 0 Å². The van der Waals surface area contributed by atoms with Crippen LogP contribution in [0.25, 0.3) is 10.8 Å². The summed E-state index contributed by atoms with van der Waals surface area (Å²) >= 11 is 0. The van der Waals surface area contributed by atoms with E-state index in [0.29, 0.717) is 0 Å². The van der Waals surface area contributed by atoms with Crippen molar-refractivity contribution in [2.75, 3.05) is 13.2 Å². The molecule has 4 heteroatoms. The predicted molar refractivity (Wildman–Crippen MR) is 89.0 cm³/mol. The summed E-state index contributed by atoms with van der Waals surface area (Å²) in [7, 11) is 0. The van der Waals surface area contributed by atoms with Crippen LogP contribution in [0.4, 0.5) is 0 Å². The number of rotatable bonds is 4. The molecule has 0 saturated carbocycles. The first-order valence-corrected chi connectivity index (χ1v) is 8.09. The third kappa shape index (κ3) is 2.76. The summed E-state index contributed by atoms with van der Waals surface area (Å²) in [4.78, 5) is 4.11. The van der Waals surface area contributed by atoms with Crippen LogP contribution in [0.2, 0.25) is 0 Å². The minimum Gasteiger partial charge on any atom is -0.346 e. The number of ether oxygens (including phenoxy) is 2. The molecule has 3 aromatic rings. The van der Waals surface area contributed by atoms with Crippen LogP contribution in [0, 0.1) is 0 Å². The molecule has 0 bridgehead atoms. The summed E-state index contributed by atoms with van der Waals surface area (Å²) in [6.45, 7) is 2.27. The third-order valence-corrected chi connectivity index (χ3v) is 4.42. The van der Waals surface area contributed by atoms with Gasteiger partial charge in [-0.25, -0.2) is 4.98 Å². The highest BCUT2D eigenvalue weighted by molar-refractivity contribution is 5.86. The van der Waals surface area contributed by atoms with Crippen molar-refractivity contribution in [2.24, 2.45) is 0 Å². The quantitative estimate of drug-likeness (QED) is 0.737. The highest BCUT2D eigenvalue weighted by Gasteiger charge is 2.37. The van der Waals surface area contributed by atoms with Gasteiger partial charge in [0.2, 0.25) is 0 Å². The molecule has 2 aromatic carbocycles. The fourth-order valence-electron chi connectivity index (χ4n) is 3.26. The first kappa shape index (κ1) is 14.4. The second-order valence-electron chi connectivity index (χ2n) is 5.88. The van der Waals surface area contributed by atoms with Crippen molar-refractivity contribution < 1.29 is 9.47 Å². The number of hydrogen-bond donors (Lipinski definition) is 0. The normalized spacial score (nSPS) is 17.4. The number of imidazole rings is 1. The molecule has 0 N–H and O–H groups in total. The molecule has 1 aliphatic heterocycles. The van der Waals surface area contributed by atoms with Crippen LogP contribution in [0.15, 0.2) is 61.2 Å². The van der Waals surface area contributed by atoms with Crippen LogP contribution >= 0.6 is 0 Å². The molecule has 2 heterocycles. The monoisotopic (exact) mass is 308 g/mol. The molecule has 4 rings (SSSR count). The molecule has 0 atom stereocenters. The van der Waals surface area contributed by atoms with Crippen LogP contribution < -0.4 is 0 Å². The second-order valence-corrected chi connectivity index (χ2v) is 5.88. The molecule has 1 aromatic heterocycles. The lowest BCUT2D eigenvalue weighted by Gasteiger charge is -2.38. The minimum absolute atomic E-state index is 0.677. The molecular weight excluding hydrogens is 288 g/mol. The average Bonchev–Trinajstić information content (AvgIpc) is 3.14. The van der Waals surface area contributed by atoms with E-state index in [-0.39, 0.29) is 0 Å². The molecular formula is C19H20N2O2. The van der Waals surface area contributed by atoms with Gasteiger partial charge in [-0.1, -0.05) is 42.5 Å². The lowest BCUT2D eigenvalue weighted by Crippen LogP contribution is -2.39. The van der Waals surface area contributed by atoms with E-state index in [2.05, 4.69) is 52.0 Å². The number of aromatic nitrogens is 2. The maximum Gasteiger partial charge on any atom is 0.197 e. The Kier molecular flexibility index (Phi) is 3.85. The molecule has 0 spiro atoms. The first-order chi connectivity index (χ1) is 11.4. The van der Waals surface area contributed by atoms with Gasteiger partial charge in [0.25, 0.3) is 0 Å². The Bertz CT molecular complexity index is 772. The number of aryl methyl sites for hydroxylation is 1. The molecule has 4 nitrogen and oxygen atoms in total. The zero-order valence-electron chi connectivity index (χ0n) is 13.0. The van der Waals surface area contributed by atoms with Crippen LogP contribution in [-0.4, -0.2) is 22.8 Å². The maximum atomic E-state index is 6.20. The smallest absolute Gasteiger partial charge is 0.197 e. The molecule has 23 heavy (non-hydrogen) atoms. The Labute approximate surface area is 135 Å². The number of fused-ring (bicyclic) bond motifs is 1. The van der Waals surface area contributed by atoms with Crippen LogP contribution in [0.5, 0.6) is 0 Å². The predicted octanol–water partition coefficient (Wildman–Crippen LogP) is 3.72. The number of nitrogens with zero attached hydrogens (tertiary/aromatic N) is 2. The number of hydrogen-bond acceptors (Lipinski definition) is 3. The lowest BCUT2D eigenvalue weighted by molar-refractivity contribution is -0.280. The van der Waals surface area contributed by atoms with Crippen molar-refractivity contribution in [3.8, 4) is 0 Å². The molecule has 0 unspecified atom stereocenters. The number of benzene rings is 2. The van der Waals surface area contributed by atoms with Crippen molar-refractivity contribution in [2.45, 2.75) is 25.2 Å². The largest absolute Gasteiger partial charge is 0.346 e. The molecule has 0 amide bonds. The van der Waals surface area contributed by atoms with Crippen molar-refractivity contribution in [3.63, 3.8) is 0 Å². The van der Waals surface area contributed by atoms with E-state index in [1.54, 1.807) is 6.20 Å². The molecule has 1 saturated heterocycles. The topological polar surface area (TPSA) is 36.3 Å². The summed E-state index contributed by atoms with van der Waals surface area (Å²) in [5.41, 5.74) is 1.12. The van der Waals surface area contributed by atoms with E-state index in [1.807, 2.05) is 12.5 Å². The van der Waals surface area contributed by atoms with E-state index in [0.717, 1.165) is 38.2 Å². The van der Waals surface area contributed by atoms with E-state index >= 15 is 0 Å². The fraction of sp³-hybridized carbons (Fsp3) is 0.316. The Morgan fingerprint density at radius 2 is 1.87 bits per heavy atom. The minimum atomic E-state index is -0.677. The highest BCUT2D eigenvalue weighted by Crippen LogP contribution is 2.38. The summed E-state index contributed by atoms with van der Waals surface area (Å²) in [5.74, 6) is -0.677. The van der Waals surface area contributed by atoms with E-state index in [4.69, 9.17) is 9.47 Å². The van der Waals surface area contributed by atoms with Gasteiger partial charge in [-0.2, -0.15) is 0 Å². The van der Waals surface area contributed by atoms with E-state index in [1.165, 1.54) is 10.8 Å². The summed E-state index contributed by atoms with van der Waals surface area (Å²) in [6, 6.07) is 14.7. The van der Waals surface area contributed by atoms with E-state index < -0.39 is 5.79 Å². The van der Waals surface area contributed by atoms with Gasteiger partial charge in [0, 0.05) is 30.9 Å². The SMILES string of the molecule is c1ccc2c(C3(CCn4ccnc4)OCCCO3)cccc2c1. The van der Waals surface area contributed by atoms with Crippen molar-refractivity contribution in [1.29, 1.82) is 0 Å². The van der Waals surface area contributed by atoms with E-state index in [9.17, 15) is 0 Å². The Morgan fingerprint density at radius 1 is 1.04 bits per heavy atom. The Morgan fingerprint density at radius 3 is 2.70 bits per heavy atom. The van der Waals surface area contributed by atoms with Crippen LogP contribution in [0.1, 0.15) is 18.4 Å².